The van der Waals surface area contributed by atoms with E-state index in [1.807, 2.05) is 13.8 Å². The van der Waals surface area contributed by atoms with Gasteiger partial charge in [0.25, 0.3) is 5.78 Å². The number of fused-ring (bicyclic) bond motifs is 2. The number of amides is 1. The van der Waals surface area contributed by atoms with E-state index < -0.39 is 0 Å². The maximum absolute atomic E-state index is 12.2. The van der Waals surface area contributed by atoms with Gasteiger partial charge in [-0.3, -0.25) is 4.79 Å². The highest BCUT2D eigenvalue weighted by Crippen LogP contribution is 2.15. The molecular formula is C17H17N7O2. The fourth-order valence-corrected chi connectivity index (χ4v) is 2.91. The number of aromatic nitrogens is 6. The van der Waals surface area contributed by atoms with Gasteiger partial charge in [0.2, 0.25) is 11.8 Å². The second-order valence-electron chi connectivity index (χ2n) is 5.94. The Morgan fingerprint density at radius 1 is 1.27 bits per heavy atom. The Labute approximate surface area is 148 Å². The fraction of sp³-hybridized carbons (Fsp3) is 0.294. The van der Waals surface area contributed by atoms with Crippen LogP contribution in [-0.2, 0) is 17.8 Å². The van der Waals surface area contributed by atoms with Gasteiger partial charge >= 0.3 is 0 Å². The van der Waals surface area contributed by atoms with Crippen LogP contribution in [-0.4, -0.2) is 35.5 Å². The van der Waals surface area contributed by atoms with E-state index in [1.165, 1.54) is 6.33 Å². The number of nitrogens with one attached hydrogen (secondary N) is 1. The van der Waals surface area contributed by atoms with Gasteiger partial charge in [-0.05, 0) is 38.0 Å². The number of aryl methyl sites for hydroxylation is 2. The molecule has 0 unspecified atom stereocenters. The summed E-state index contributed by atoms with van der Waals surface area (Å²) in [6.07, 6.45) is 4.03. The minimum Gasteiger partial charge on any atom is -0.437 e. The smallest absolute Gasteiger partial charge is 0.252 e. The monoisotopic (exact) mass is 351 g/mol. The summed E-state index contributed by atoms with van der Waals surface area (Å²) in [5.41, 5.74) is 3.96. The number of carbonyl (C=O) groups excluding carboxylic acids is 1. The molecule has 132 valence electrons. The van der Waals surface area contributed by atoms with Crippen LogP contribution in [0.3, 0.4) is 0 Å². The van der Waals surface area contributed by atoms with Crippen LogP contribution in [0.5, 0.6) is 0 Å². The van der Waals surface area contributed by atoms with Crippen LogP contribution in [0.15, 0.2) is 29.1 Å². The van der Waals surface area contributed by atoms with E-state index in [1.54, 1.807) is 22.8 Å². The highest BCUT2D eigenvalue weighted by molar-refractivity contribution is 5.76. The molecule has 0 bridgehead atoms. The zero-order valence-corrected chi connectivity index (χ0v) is 14.4. The van der Waals surface area contributed by atoms with Crippen LogP contribution in [0.25, 0.3) is 17.0 Å². The van der Waals surface area contributed by atoms with E-state index in [-0.39, 0.29) is 12.5 Å². The summed E-state index contributed by atoms with van der Waals surface area (Å²) >= 11 is 0. The molecule has 0 aliphatic carbocycles. The van der Waals surface area contributed by atoms with Gasteiger partial charge in [0, 0.05) is 24.0 Å². The molecule has 0 saturated heterocycles. The molecule has 9 nitrogen and oxygen atoms in total. The molecule has 0 saturated carbocycles. The summed E-state index contributed by atoms with van der Waals surface area (Å²) in [5, 5.41) is 6.98. The van der Waals surface area contributed by atoms with Crippen molar-refractivity contribution in [3.8, 4) is 0 Å². The van der Waals surface area contributed by atoms with Gasteiger partial charge in [0.05, 0.1) is 6.54 Å². The van der Waals surface area contributed by atoms with Crippen LogP contribution < -0.4 is 5.32 Å². The second kappa shape index (κ2) is 6.51. The van der Waals surface area contributed by atoms with Crippen LogP contribution in [0.1, 0.15) is 29.3 Å². The first-order valence-corrected chi connectivity index (χ1v) is 8.25. The topological polar surface area (TPSA) is 111 Å². The van der Waals surface area contributed by atoms with Gasteiger partial charge < -0.3 is 9.73 Å². The third kappa shape index (κ3) is 2.99. The predicted octanol–water partition coefficient (Wildman–Crippen LogP) is 1.53. The molecule has 0 fully saturated rings. The van der Waals surface area contributed by atoms with Gasteiger partial charge in [0.1, 0.15) is 6.33 Å². The first-order valence-electron chi connectivity index (χ1n) is 8.25. The zero-order valence-electron chi connectivity index (χ0n) is 14.4. The Hall–Kier alpha value is -3.36. The molecule has 26 heavy (non-hydrogen) atoms. The molecule has 4 aromatic rings. The van der Waals surface area contributed by atoms with Crippen LogP contribution in [0.2, 0.25) is 0 Å². The number of oxazole rings is 1. The number of nitrogens with zero attached hydrogens (tertiary/aromatic N) is 6. The van der Waals surface area contributed by atoms with Crippen molar-refractivity contribution in [2.24, 2.45) is 0 Å². The summed E-state index contributed by atoms with van der Waals surface area (Å²) in [6, 6.07) is 3.57. The maximum atomic E-state index is 12.2. The van der Waals surface area contributed by atoms with Crippen molar-refractivity contribution in [3.63, 3.8) is 0 Å². The van der Waals surface area contributed by atoms with Crippen molar-refractivity contribution in [2.75, 3.05) is 0 Å². The lowest BCUT2D eigenvalue weighted by molar-refractivity contribution is -0.121. The normalized spacial score (nSPS) is 11.3. The SMILES string of the molecule is Cc1nc2ncnn2c(C)c1CCC(=O)NCc1nc2ncccc2o1. The fourth-order valence-electron chi connectivity index (χ4n) is 2.91. The van der Waals surface area contributed by atoms with Gasteiger partial charge in [-0.2, -0.15) is 15.1 Å². The molecule has 9 heteroatoms. The Morgan fingerprint density at radius 2 is 2.15 bits per heavy atom. The lowest BCUT2D eigenvalue weighted by Crippen LogP contribution is -2.23. The first-order chi connectivity index (χ1) is 12.6. The summed E-state index contributed by atoms with van der Waals surface area (Å²) in [6.45, 7) is 4.10. The maximum Gasteiger partial charge on any atom is 0.252 e. The quantitative estimate of drug-likeness (QED) is 0.580. The Balaban J connectivity index is 1.39. The van der Waals surface area contributed by atoms with Gasteiger partial charge in [-0.15, -0.1) is 0 Å². The van der Waals surface area contributed by atoms with E-state index in [2.05, 4.69) is 30.4 Å². The Morgan fingerprint density at radius 3 is 3.00 bits per heavy atom. The average Bonchev–Trinajstić information content (AvgIpc) is 3.25. The van der Waals surface area contributed by atoms with E-state index in [9.17, 15) is 4.79 Å². The third-order valence-electron chi connectivity index (χ3n) is 4.24. The van der Waals surface area contributed by atoms with Crippen molar-refractivity contribution in [1.29, 1.82) is 0 Å². The molecule has 1 N–H and O–H groups in total. The Bertz CT molecular complexity index is 1070. The third-order valence-corrected chi connectivity index (χ3v) is 4.24. The van der Waals surface area contributed by atoms with Gasteiger partial charge in [-0.25, -0.2) is 14.5 Å². The van der Waals surface area contributed by atoms with Crippen LogP contribution in [0.4, 0.5) is 0 Å². The highest BCUT2D eigenvalue weighted by Gasteiger charge is 2.13. The summed E-state index contributed by atoms with van der Waals surface area (Å²) in [7, 11) is 0. The summed E-state index contributed by atoms with van der Waals surface area (Å²) in [5.74, 6) is 0.917. The lowest BCUT2D eigenvalue weighted by atomic mass is 10.1. The van der Waals surface area contributed by atoms with Crippen LogP contribution in [0, 0.1) is 13.8 Å². The highest BCUT2D eigenvalue weighted by atomic mass is 16.3. The molecule has 0 atom stereocenters. The van der Waals surface area contributed by atoms with Gasteiger partial charge in [0.15, 0.2) is 11.2 Å². The van der Waals surface area contributed by atoms with E-state index in [4.69, 9.17) is 4.42 Å². The average molecular weight is 351 g/mol. The standard InChI is InChI=1S/C17H17N7O2/c1-10-12(11(2)24-17(22-10)20-9-21-24)5-6-14(25)19-8-15-23-16-13(26-15)4-3-7-18-16/h3-4,7,9H,5-6,8H2,1-2H3,(H,19,25). The predicted molar refractivity (Wildman–Crippen MR) is 92.2 cm³/mol. The molecular weight excluding hydrogens is 334 g/mol. The molecule has 0 aliphatic heterocycles. The molecule has 0 spiro atoms. The molecule has 0 aliphatic rings. The van der Waals surface area contributed by atoms with Crippen LogP contribution >= 0.6 is 0 Å². The summed E-state index contributed by atoms with van der Waals surface area (Å²) < 4.78 is 7.23. The molecule has 4 aromatic heterocycles. The van der Waals surface area contributed by atoms with Crippen molar-refractivity contribution in [2.45, 2.75) is 33.2 Å². The number of pyridine rings is 1. The zero-order chi connectivity index (χ0) is 18.1. The van der Waals surface area contributed by atoms with Crippen molar-refractivity contribution < 1.29 is 9.21 Å². The molecule has 0 radical (unpaired) electrons. The molecule has 4 heterocycles. The number of hydrogen-bond acceptors (Lipinski definition) is 7. The van der Waals surface area contributed by atoms with E-state index in [0.29, 0.717) is 35.7 Å². The Kier molecular flexibility index (Phi) is 4.04. The van der Waals surface area contributed by atoms with E-state index in [0.717, 1.165) is 17.0 Å². The minimum atomic E-state index is -0.0855. The van der Waals surface area contributed by atoms with Crippen molar-refractivity contribution in [3.05, 3.63) is 47.5 Å². The minimum absolute atomic E-state index is 0.0855. The molecule has 4 rings (SSSR count). The van der Waals surface area contributed by atoms with E-state index >= 15 is 0 Å². The van der Waals surface area contributed by atoms with Gasteiger partial charge in [-0.1, -0.05) is 0 Å². The lowest BCUT2D eigenvalue weighted by Gasteiger charge is -2.10. The number of rotatable bonds is 5. The summed E-state index contributed by atoms with van der Waals surface area (Å²) in [4.78, 5) is 29.0. The second-order valence-corrected chi connectivity index (χ2v) is 5.94. The molecule has 0 aromatic carbocycles. The van der Waals surface area contributed by atoms with Crippen molar-refractivity contribution >= 4 is 22.9 Å². The number of carbonyl (C=O) groups is 1. The first kappa shape index (κ1) is 16.1. The largest absolute Gasteiger partial charge is 0.437 e. The molecule has 1 amide bonds. The van der Waals surface area contributed by atoms with Crippen molar-refractivity contribution in [1.82, 2.24) is 34.9 Å². The number of hydrogen-bond donors (Lipinski definition) is 1.